The Hall–Kier alpha value is -3.93. The van der Waals surface area contributed by atoms with Crippen molar-refractivity contribution < 1.29 is 9.84 Å². The summed E-state index contributed by atoms with van der Waals surface area (Å²) in [4.78, 5) is 17.3. The maximum atomic E-state index is 10.6. The van der Waals surface area contributed by atoms with E-state index in [1.165, 1.54) is 5.57 Å². The van der Waals surface area contributed by atoms with Gasteiger partial charge in [-0.3, -0.25) is 9.98 Å². The highest BCUT2D eigenvalue weighted by Gasteiger charge is 2.29. The van der Waals surface area contributed by atoms with Crippen molar-refractivity contribution >= 4 is 5.71 Å². The Kier molecular flexibility index (Phi) is 8.62. The third-order valence-electron chi connectivity index (χ3n) is 7.09. The van der Waals surface area contributed by atoms with Crippen LogP contribution >= 0.6 is 0 Å². The molecule has 1 saturated carbocycles. The highest BCUT2D eigenvalue weighted by molar-refractivity contribution is 6.01. The summed E-state index contributed by atoms with van der Waals surface area (Å²) in [6.45, 7) is 12.5. The Morgan fingerprint density at radius 2 is 1.87 bits per heavy atom. The van der Waals surface area contributed by atoms with Gasteiger partial charge in [0, 0.05) is 29.4 Å². The van der Waals surface area contributed by atoms with Gasteiger partial charge in [-0.1, -0.05) is 26.5 Å². The largest absolute Gasteiger partial charge is 0.512 e. The fourth-order valence-corrected chi connectivity index (χ4v) is 4.27. The van der Waals surface area contributed by atoms with E-state index in [9.17, 15) is 5.11 Å². The molecular formula is C32H38N4O2. The van der Waals surface area contributed by atoms with Crippen molar-refractivity contribution in [3.8, 4) is 28.4 Å². The summed E-state index contributed by atoms with van der Waals surface area (Å²) in [5.41, 5.74) is 5.42. The number of benzene rings is 1. The molecular weight excluding hydrogens is 472 g/mol. The Labute approximate surface area is 225 Å². The van der Waals surface area contributed by atoms with E-state index in [1.807, 2.05) is 68.7 Å². The number of allylic oxidation sites excluding steroid dienone is 3. The summed E-state index contributed by atoms with van der Waals surface area (Å²) >= 11 is 0. The standard InChI is InChI=1S/C32H38N4O2/c1-6-8-18-33-29(22(3)7-2)28-20-35-31(36-28)25-14-17-27(34-19-25)23-12-15-26(16-13-23)38-21-32(4,5)30(37)24-10-9-11-24/h6,8,12-20,22,37H,1,7,9-11,21H2,2-5H3,(H,35,36)/b18-8-,33-29+. The average molecular weight is 511 g/mol. The van der Waals surface area contributed by atoms with Crippen molar-refractivity contribution in [1.82, 2.24) is 15.0 Å². The zero-order chi connectivity index (χ0) is 27.1. The molecule has 1 atom stereocenters. The lowest BCUT2D eigenvalue weighted by Gasteiger charge is -2.29. The van der Waals surface area contributed by atoms with Crippen LogP contribution in [0.3, 0.4) is 0 Å². The summed E-state index contributed by atoms with van der Waals surface area (Å²) in [7, 11) is 0. The van der Waals surface area contributed by atoms with Crippen LogP contribution in [0.1, 0.15) is 59.1 Å². The van der Waals surface area contributed by atoms with Crippen molar-refractivity contribution in [1.29, 1.82) is 0 Å². The minimum absolute atomic E-state index is 0.293. The molecule has 2 N–H and O–H groups in total. The topological polar surface area (TPSA) is 83.4 Å². The van der Waals surface area contributed by atoms with E-state index in [1.54, 1.807) is 12.3 Å². The van der Waals surface area contributed by atoms with Gasteiger partial charge in [-0.05, 0) is 87.6 Å². The summed E-state index contributed by atoms with van der Waals surface area (Å²) in [5.74, 6) is 2.31. The molecule has 0 bridgehead atoms. The van der Waals surface area contributed by atoms with Gasteiger partial charge >= 0.3 is 0 Å². The molecule has 3 aromatic rings. The number of rotatable bonds is 11. The predicted octanol–water partition coefficient (Wildman–Crippen LogP) is 8.07. The lowest BCUT2D eigenvalue weighted by molar-refractivity contribution is 0.152. The highest BCUT2D eigenvalue weighted by Crippen LogP contribution is 2.36. The second-order valence-electron chi connectivity index (χ2n) is 10.5. The number of aromatic nitrogens is 3. The molecule has 1 unspecified atom stereocenters. The van der Waals surface area contributed by atoms with Crippen LogP contribution in [-0.4, -0.2) is 32.4 Å². The number of hydrogen-bond donors (Lipinski definition) is 2. The Morgan fingerprint density at radius 3 is 2.47 bits per heavy atom. The normalized spacial score (nSPS) is 14.8. The SMILES string of the molecule is C=C/C=C\N=C(\c1cnc(-c2ccc(-c3ccc(OCC(C)(C)C(O)=C4CCC4)cc3)nc2)[nH]1)C(C)CC. The molecule has 1 aliphatic carbocycles. The molecule has 1 fully saturated rings. The molecule has 6 nitrogen and oxygen atoms in total. The maximum absolute atomic E-state index is 10.6. The third-order valence-corrected chi connectivity index (χ3v) is 7.09. The van der Waals surface area contributed by atoms with Crippen LogP contribution in [-0.2, 0) is 0 Å². The smallest absolute Gasteiger partial charge is 0.139 e. The molecule has 2 heterocycles. The van der Waals surface area contributed by atoms with Gasteiger partial charge < -0.3 is 14.8 Å². The molecule has 1 aromatic carbocycles. The summed E-state index contributed by atoms with van der Waals surface area (Å²) < 4.78 is 6.01. The van der Waals surface area contributed by atoms with E-state index >= 15 is 0 Å². The van der Waals surface area contributed by atoms with Crippen molar-refractivity contribution in [3.63, 3.8) is 0 Å². The number of nitrogens with one attached hydrogen (secondary N) is 1. The number of H-pyrrole nitrogens is 1. The number of aliphatic imine (C=N–C) groups is 1. The van der Waals surface area contributed by atoms with Crippen LogP contribution in [0.25, 0.3) is 22.6 Å². The van der Waals surface area contributed by atoms with Gasteiger partial charge in [0.05, 0.1) is 28.7 Å². The molecule has 0 aliphatic heterocycles. The molecule has 1 aliphatic rings. The number of aliphatic hydroxyl groups is 1. The molecule has 0 spiro atoms. The van der Waals surface area contributed by atoms with Gasteiger partial charge in [-0.15, -0.1) is 0 Å². The van der Waals surface area contributed by atoms with Crippen LogP contribution < -0.4 is 4.74 Å². The Balaban J connectivity index is 1.43. The third kappa shape index (κ3) is 6.31. The van der Waals surface area contributed by atoms with Gasteiger partial charge in [-0.2, -0.15) is 0 Å². The maximum Gasteiger partial charge on any atom is 0.139 e. The number of ether oxygens (including phenoxy) is 1. The summed E-state index contributed by atoms with van der Waals surface area (Å²) in [6, 6.07) is 11.9. The molecule has 0 saturated heterocycles. The fraction of sp³-hybridized carbons (Fsp3) is 0.344. The number of hydrogen-bond acceptors (Lipinski definition) is 5. The van der Waals surface area contributed by atoms with E-state index in [0.29, 0.717) is 18.3 Å². The Morgan fingerprint density at radius 1 is 1.13 bits per heavy atom. The first-order chi connectivity index (χ1) is 18.3. The van der Waals surface area contributed by atoms with E-state index in [4.69, 9.17) is 4.74 Å². The van der Waals surface area contributed by atoms with Crippen LogP contribution in [0.5, 0.6) is 5.75 Å². The lowest BCUT2D eigenvalue weighted by Crippen LogP contribution is -2.26. The van der Waals surface area contributed by atoms with E-state index in [2.05, 4.69) is 40.4 Å². The number of nitrogens with zero attached hydrogens (tertiary/aromatic N) is 3. The first-order valence-electron chi connectivity index (χ1n) is 13.3. The number of imidazole rings is 1. The molecule has 38 heavy (non-hydrogen) atoms. The van der Waals surface area contributed by atoms with Crippen molar-refractivity contribution in [2.75, 3.05) is 6.61 Å². The summed E-state index contributed by atoms with van der Waals surface area (Å²) in [5, 5.41) is 10.6. The lowest BCUT2D eigenvalue weighted by atomic mass is 9.81. The minimum Gasteiger partial charge on any atom is -0.512 e. The minimum atomic E-state index is -0.402. The fourth-order valence-electron chi connectivity index (χ4n) is 4.27. The number of pyridine rings is 1. The van der Waals surface area contributed by atoms with Crippen LogP contribution in [0, 0.1) is 11.3 Å². The van der Waals surface area contributed by atoms with Crippen LogP contribution in [0.15, 0.2) is 90.0 Å². The molecule has 0 radical (unpaired) electrons. The van der Waals surface area contributed by atoms with Gasteiger partial charge in [-0.25, -0.2) is 4.98 Å². The van der Waals surface area contributed by atoms with Crippen LogP contribution in [0.4, 0.5) is 0 Å². The zero-order valence-electron chi connectivity index (χ0n) is 22.9. The van der Waals surface area contributed by atoms with Gasteiger partial charge in [0.1, 0.15) is 23.9 Å². The van der Waals surface area contributed by atoms with E-state index in [-0.39, 0.29) is 0 Å². The van der Waals surface area contributed by atoms with E-state index < -0.39 is 5.41 Å². The first kappa shape index (κ1) is 27.1. The molecule has 198 valence electrons. The predicted molar refractivity (Wildman–Crippen MR) is 155 cm³/mol. The van der Waals surface area contributed by atoms with Gasteiger partial charge in [0.25, 0.3) is 0 Å². The molecule has 4 rings (SSSR count). The summed E-state index contributed by atoms with van der Waals surface area (Å²) in [6.07, 6.45) is 13.1. The van der Waals surface area contributed by atoms with Crippen molar-refractivity contribution in [2.45, 2.75) is 53.4 Å². The van der Waals surface area contributed by atoms with Crippen molar-refractivity contribution in [3.05, 3.63) is 90.7 Å². The quantitative estimate of drug-likeness (QED) is 0.155. The number of aromatic amines is 1. The number of aliphatic hydroxyl groups excluding tert-OH is 1. The van der Waals surface area contributed by atoms with E-state index in [0.717, 1.165) is 65.5 Å². The van der Waals surface area contributed by atoms with Crippen molar-refractivity contribution in [2.24, 2.45) is 16.3 Å². The Bertz CT molecular complexity index is 1320. The molecule has 6 heteroatoms. The molecule has 2 aromatic heterocycles. The highest BCUT2D eigenvalue weighted by atomic mass is 16.5. The average Bonchev–Trinajstić information content (AvgIpc) is 3.39. The first-order valence-corrected chi connectivity index (χ1v) is 13.3. The second kappa shape index (κ2) is 12.1. The van der Waals surface area contributed by atoms with Gasteiger partial charge in [0.2, 0.25) is 0 Å². The van der Waals surface area contributed by atoms with Gasteiger partial charge in [0.15, 0.2) is 0 Å². The second-order valence-corrected chi connectivity index (χ2v) is 10.5. The van der Waals surface area contributed by atoms with Crippen LogP contribution in [0.2, 0.25) is 0 Å². The zero-order valence-corrected chi connectivity index (χ0v) is 22.9. The monoisotopic (exact) mass is 510 g/mol. The molecule has 0 amide bonds.